The lowest BCUT2D eigenvalue weighted by molar-refractivity contribution is 0.406. The number of nitriles is 1. The Balaban J connectivity index is 1.65. The number of nitrogens with one attached hydrogen (secondary N) is 1. The van der Waals surface area contributed by atoms with Gasteiger partial charge in [-0.15, -0.1) is 0 Å². The number of ether oxygens (including phenoxy) is 1. The summed E-state index contributed by atoms with van der Waals surface area (Å²) < 4.78 is 5.40. The molecule has 1 atom stereocenters. The third-order valence-electron chi connectivity index (χ3n) is 4.38. The Morgan fingerprint density at radius 1 is 1.30 bits per heavy atom. The quantitative estimate of drug-likeness (QED) is 0.922. The molecule has 1 heterocycles. The van der Waals surface area contributed by atoms with E-state index in [-0.39, 0.29) is 0 Å². The maximum Gasteiger partial charge on any atom is 0.140 e. The van der Waals surface area contributed by atoms with E-state index in [0.717, 1.165) is 43.7 Å². The first-order valence-electron chi connectivity index (χ1n) is 8.07. The molecule has 0 spiro atoms. The van der Waals surface area contributed by atoms with Gasteiger partial charge >= 0.3 is 0 Å². The monoisotopic (exact) mass is 307 g/mol. The highest BCUT2D eigenvalue weighted by atomic mass is 16.5. The first-order chi connectivity index (χ1) is 11.3. The topological polar surface area (TPSA) is 57.9 Å². The Labute approximate surface area is 137 Å². The summed E-state index contributed by atoms with van der Waals surface area (Å²) in [5.74, 6) is 0.943. The van der Waals surface area contributed by atoms with Crippen molar-refractivity contribution in [3.05, 3.63) is 58.9 Å². The van der Waals surface area contributed by atoms with Crippen LogP contribution < -0.4 is 10.1 Å². The SMILES string of the molecule is COc1ccccc1CCNC1CCCc2nc(C#N)ccc21. The van der Waals surface area contributed by atoms with E-state index in [0.29, 0.717) is 11.7 Å². The molecule has 23 heavy (non-hydrogen) atoms. The van der Waals surface area contributed by atoms with Crippen molar-refractivity contribution in [1.82, 2.24) is 10.3 Å². The lowest BCUT2D eigenvalue weighted by atomic mass is 9.91. The summed E-state index contributed by atoms with van der Waals surface area (Å²) in [5, 5.41) is 12.6. The maximum absolute atomic E-state index is 8.98. The van der Waals surface area contributed by atoms with Crippen LogP contribution in [0.5, 0.6) is 5.75 Å². The molecule has 4 nitrogen and oxygen atoms in total. The fraction of sp³-hybridized carbons (Fsp3) is 0.368. The van der Waals surface area contributed by atoms with Gasteiger partial charge in [-0.2, -0.15) is 5.26 Å². The minimum Gasteiger partial charge on any atom is -0.496 e. The molecule has 4 heteroatoms. The fourth-order valence-electron chi connectivity index (χ4n) is 3.22. The van der Waals surface area contributed by atoms with Gasteiger partial charge in [-0.05, 0) is 55.5 Å². The number of aromatic nitrogens is 1. The predicted octanol–water partition coefficient (Wildman–Crippen LogP) is 3.17. The minimum atomic E-state index is 0.327. The number of fused-ring (bicyclic) bond motifs is 1. The molecule has 1 aliphatic rings. The molecule has 118 valence electrons. The number of nitrogens with zero attached hydrogens (tertiary/aromatic N) is 2. The number of para-hydroxylation sites is 1. The minimum absolute atomic E-state index is 0.327. The Morgan fingerprint density at radius 2 is 2.17 bits per heavy atom. The number of hydrogen-bond acceptors (Lipinski definition) is 4. The summed E-state index contributed by atoms with van der Waals surface area (Å²) in [6.07, 6.45) is 4.13. The predicted molar refractivity (Wildman–Crippen MR) is 89.3 cm³/mol. The summed E-state index contributed by atoms with van der Waals surface area (Å²) >= 11 is 0. The van der Waals surface area contributed by atoms with E-state index in [2.05, 4.69) is 28.5 Å². The van der Waals surface area contributed by atoms with Crippen LogP contribution in [0.15, 0.2) is 36.4 Å². The van der Waals surface area contributed by atoms with Gasteiger partial charge in [0.05, 0.1) is 7.11 Å². The van der Waals surface area contributed by atoms with Crippen LogP contribution in [0.2, 0.25) is 0 Å². The third kappa shape index (κ3) is 3.52. The van der Waals surface area contributed by atoms with Gasteiger partial charge in [0.1, 0.15) is 17.5 Å². The largest absolute Gasteiger partial charge is 0.496 e. The molecular formula is C19H21N3O. The highest BCUT2D eigenvalue weighted by Crippen LogP contribution is 2.28. The van der Waals surface area contributed by atoms with Crippen LogP contribution in [-0.4, -0.2) is 18.6 Å². The van der Waals surface area contributed by atoms with Crippen LogP contribution in [-0.2, 0) is 12.8 Å². The number of methoxy groups -OCH3 is 1. The zero-order valence-corrected chi connectivity index (χ0v) is 13.4. The summed E-state index contributed by atoms with van der Waals surface area (Å²) in [4.78, 5) is 4.45. The van der Waals surface area contributed by atoms with Crippen molar-refractivity contribution in [3.63, 3.8) is 0 Å². The van der Waals surface area contributed by atoms with Crippen molar-refractivity contribution in [1.29, 1.82) is 5.26 Å². The van der Waals surface area contributed by atoms with Gasteiger partial charge in [0.15, 0.2) is 0 Å². The van der Waals surface area contributed by atoms with E-state index >= 15 is 0 Å². The van der Waals surface area contributed by atoms with Crippen molar-refractivity contribution in [3.8, 4) is 11.8 Å². The van der Waals surface area contributed by atoms with Crippen molar-refractivity contribution < 1.29 is 4.74 Å². The number of benzene rings is 1. The smallest absolute Gasteiger partial charge is 0.140 e. The van der Waals surface area contributed by atoms with E-state index in [1.54, 1.807) is 7.11 Å². The maximum atomic E-state index is 8.98. The molecule has 0 saturated heterocycles. The van der Waals surface area contributed by atoms with Crippen molar-refractivity contribution in [2.45, 2.75) is 31.7 Å². The Bertz CT molecular complexity index is 721. The van der Waals surface area contributed by atoms with E-state index in [1.807, 2.05) is 24.3 Å². The van der Waals surface area contributed by atoms with Crippen LogP contribution >= 0.6 is 0 Å². The first kappa shape index (κ1) is 15.5. The number of rotatable bonds is 5. The second-order valence-electron chi connectivity index (χ2n) is 5.81. The molecular weight excluding hydrogens is 286 g/mol. The normalized spacial score (nSPS) is 16.4. The van der Waals surface area contributed by atoms with Crippen LogP contribution in [0.3, 0.4) is 0 Å². The average Bonchev–Trinajstić information content (AvgIpc) is 2.61. The van der Waals surface area contributed by atoms with Gasteiger partial charge in [-0.3, -0.25) is 0 Å². The molecule has 1 aromatic carbocycles. The zero-order chi connectivity index (χ0) is 16.1. The second kappa shape index (κ2) is 7.26. The molecule has 0 bridgehead atoms. The second-order valence-corrected chi connectivity index (χ2v) is 5.81. The summed E-state index contributed by atoms with van der Waals surface area (Å²) in [6, 6.07) is 14.5. The lowest BCUT2D eigenvalue weighted by Gasteiger charge is -2.26. The molecule has 0 radical (unpaired) electrons. The summed E-state index contributed by atoms with van der Waals surface area (Å²) in [5.41, 5.74) is 4.05. The highest BCUT2D eigenvalue weighted by Gasteiger charge is 2.21. The van der Waals surface area contributed by atoms with Gasteiger partial charge in [-0.25, -0.2) is 4.98 Å². The van der Waals surface area contributed by atoms with Crippen LogP contribution in [0, 0.1) is 11.3 Å². The Hall–Kier alpha value is -2.38. The summed E-state index contributed by atoms with van der Waals surface area (Å²) in [7, 11) is 1.71. The standard InChI is InChI=1S/C19H21N3O/c1-23-19-8-3-2-5-14(19)11-12-21-17-6-4-7-18-16(17)10-9-15(13-20)22-18/h2-3,5,8-10,17,21H,4,6-7,11-12H2,1H3. The van der Waals surface area contributed by atoms with Crippen LogP contribution in [0.4, 0.5) is 0 Å². The highest BCUT2D eigenvalue weighted by molar-refractivity contribution is 5.34. The third-order valence-corrected chi connectivity index (χ3v) is 4.38. The molecule has 0 saturated carbocycles. The molecule has 0 amide bonds. The Morgan fingerprint density at radius 3 is 3.00 bits per heavy atom. The number of pyridine rings is 1. The van der Waals surface area contributed by atoms with Crippen molar-refractivity contribution in [2.75, 3.05) is 13.7 Å². The molecule has 1 N–H and O–H groups in total. The van der Waals surface area contributed by atoms with E-state index in [4.69, 9.17) is 10.00 Å². The molecule has 0 fully saturated rings. The van der Waals surface area contributed by atoms with Gasteiger partial charge in [-0.1, -0.05) is 24.3 Å². The summed E-state index contributed by atoms with van der Waals surface area (Å²) in [6.45, 7) is 0.893. The molecule has 1 aromatic heterocycles. The zero-order valence-electron chi connectivity index (χ0n) is 13.4. The molecule has 1 unspecified atom stereocenters. The molecule has 3 rings (SSSR count). The molecule has 2 aromatic rings. The van der Waals surface area contributed by atoms with E-state index in [9.17, 15) is 0 Å². The fourth-order valence-corrected chi connectivity index (χ4v) is 3.22. The van der Waals surface area contributed by atoms with E-state index in [1.165, 1.54) is 11.1 Å². The van der Waals surface area contributed by atoms with Gasteiger partial charge in [0, 0.05) is 11.7 Å². The molecule has 1 aliphatic carbocycles. The first-order valence-corrected chi connectivity index (χ1v) is 8.07. The lowest BCUT2D eigenvalue weighted by Crippen LogP contribution is -2.27. The van der Waals surface area contributed by atoms with Gasteiger partial charge in [0.2, 0.25) is 0 Å². The average molecular weight is 307 g/mol. The van der Waals surface area contributed by atoms with Crippen LogP contribution in [0.1, 0.15) is 41.4 Å². The van der Waals surface area contributed by atoms with Gasteiger partial charge in [0.25, 0.3) is 0 Å². The van der Waals surface area contributed by atoms with Crippen molar-refractivity contribution in [2.24, 2.45) is 0 Å². The molecule has 0 aliphatic heterocycles. The number of aryl methyl sites for hydroxylation is 1. The van der Waals surface area contributed by atoms with Gasteiger partial charge < -0.3 is 10.1 Å². The number of hydrogen-bond donors (Lipinski definition) is 1. The Kier molecular flexibility index (Phi) is 4.89. The van der Waals surface area contributed by atoms with Crippen LogP contribution in [0.25, 0.3) is 0 Å². The van der Waals surface area contributed by atoms with E-state index < -0.39 is 0 Å². The van der Waals surface area contributed by atoms with Crippen molar-refractivity contribution >= 4 is 0 Å².